The van der Waals surface area contributed by atoms with Crippen molar-refractivity contribution in [3.05, 3.63) is 18.0 Å². The highest BCUT2D eigenvalue weighted by molar-refractivity contribution is 5.77. The maximum absolute atomic E-state index is 11.2. The number of hydrogen-bond acceptors (Lipinski definition) is 3. The second kappa shape index (κ2) is 6.19. The van der Waals surface area contributed by atoms with Crippen LogP contribution in [-0.4, -0.2) is 35.4 Å². The lowest BCUT2D eigenvalue weighted by Crippen LogP contribution is -2.29. The van der Waals surface area contributed by atoms with Crippen LogP contribution in [0.3, 0.4) is 0 Å². The second-order valence-electron chi connectivity index (χ2n) is 3.18. The smallest absolute Gasteiger partial charge is 0.246 e. The molecule has 1 aromatic heterocycles. The van der Waals surface area contributed by atoms with E-state index in [9.17, 15) is 4.79 Å². The Hall–Kier alpha value is -1.36. The summed E-state index contributed by atoms with van der Waals surface area (Å²) in [5, 5.41) is 6.82. The second-order valence-corrected chi connectivity index (χ2v) is 3.18. The molecule has 0 bridgehead atoms. The number of carbonyl (C=O) groups is 1. The highest BCUT2D eigenvalue weighted by Gasteiger charge is 2.01. The average molecular weight is 211 g/mol. The monoisotopic (exact) mass is 211 g/mol. The third-order valence-electron chi connectivity index (χ3n) is 2.06. The van der Waals surface area contributed by atoms with E-state index in [-0.39, 0.29) is 12.5 Å². The van der Waals surface area contributed by atoms with Gasteiger partial charge in [-0.1, -0.05) is 0 Å². The highest BCUT2D eigenvalue weighted by Crippen LogP contribution is 1.95. The third kappa shape index (κ3) is 4.12. The van der Waals surface area contributed by atoms with Gasteiger partial charge in [0.25, 0.3) is 0 Å². The molecule has 1 heterocycles. The summed E-state index contributed by atoms with van der Waals surface area (Å²) < 4.78 is 6.78. The topological polar surface area (TPSA) is 56.1 Å². The zero-order valence-corrected chi connectivity index (χ0v) is 9.19. The van der Waals surface area contributed by atoms with Crippen molar-refractivity contribution in [3.63, 3.8) is 0 Å². The van der Waals surface area contributed by atoms with Gasteiger partial charge in [0.05, 0.1) is 0 Å². The normalized spacial score (nSPS) is 10.3. The Morgan fingerprint density at radius 2 is 2.47 bits per heavy atom. The number of carbonyl (C=O) groups excluding carboxylic acids is 1. The fourth-order valence-corrected chi connectivity index (χ4v) is 1.22. The van der Waals surface area contributed by atoms with Gasteiger partial charge in [0, 0.05) is 38.5 Å². The zero-order valence-electron chi connectivity index (χ0n) is 9.19. The summed E-state index contributed by atoms with van der Waals surface area (Å²) in [5.41, 5.74) is 1.10. The molecule has 0 aliphatic rings. The van der Waals surface area contributed by atoms with Crippen LogP contribution in [0.1, 0.15) is 12.6 Å². The minimum atomic E-state index is -0.0704. The van der Waals surface area contributed by atoms with E-state index in [1.165, 1.54) is 0 Å². The van der Waals surface area contributed by atoms with Crippen molar-refractivity contribution in [3.8, 4) is 0 Å². The molecule has 0 radical (unpaired) electrons. The van der Waals surface area contributed by atoms with Crippen LogP contribution < -0.4 is 5.32 Å². The number of amides is 1. The Morgan fingerprint density at radius 3 is 3.07 bits per heavy atom. The molecule has 0 spiro atoms. The van der Waals surface area contributed by atoms with E-state index in [0.717, 1.165) is 12.1 Å². The van der Waals surface area contributed by atoms with Crippen molar-refractivity contribution in [1.82, 2.24) is 15.1 Å². The van der Waals surface area contributed by atoms with Crippen LogP contribution in [0.15, 0.2) is 12.3 Å². The van der Waals surface area contributed by atoms with Crippen molar-refractivity contribution in [1.29, 1.82) is 0 Å². The molecule has 0 aliphatic heterocycles. The Bertz CT molecular complexity index is 309. The first-order chi connectivity index (χ1) is 7.24. The van der Waals surface area contributed by atoms with Gasteiger partial charge in [-0.15, -0.1) is 0 Å². The number of rotatable bonds is 6. The molecule has 0 saturated heterocycles. The van der Waals surface area contributed by atoms with E-state index in [1.807, 2.05) is 20.0 Å². The number of hydrogen-bond donors (Lipinski definition) is 1. The summed E-state index contributed by atoms with van der Waals surface area (Å²) in [5.74, 6) is -0.0704. The maximum atomic E-state index is 11.2. The molecule has 1 amide bonds. The Kier molecular flexibility index (Phi) is 4.83. The number of aromatic nitrogens is 2. The molecule has 1 rings (SSSR count). The quantitative estimate of drug-likeness (QED) is 0.727. The first-order valence-electron chi connectivity index (χ1n) is 5.05. The predicted octanol–water partition coefficient (Wildman–Crippen LogP) is 0.115. The molecule has 0 unspecified atom stereocenters. The molecule has 0 aliphatic carbocycles. The molecule has 0 fully saturated rings. The first-order valence-corrected chi connectivity index (χ1v) is 5.05. The van der Waals surface area contributed by atoms with Gasteiger partial charge in [-0.2, -0.15) is 5.10 Å². The summed E-state index contributed by atoms with van der Waals surface area (Å²) in [6.07, 6.45) is 2.53. The van der Waals surface area contributed by atoms with Gasteiger partial charge < -0.3 is 10.1 Å². The number of nitrogens with one attached hydrogen (secondary N) is 1. The summed E-state index contributed by atoms with van der Waals surface area (Å²) in [7, 11) is 1.89. The summed E-state index contributed by atoms with van der Waals surface area (Å²) in [4.78, 5) is 11.2. The molecular formula is C10H17N3O2. The van der Waals surface area contributed by atoms with Gasteiger partial charge in [-0.3, -0.25) is 9.48 Å². The standard InChI is InChI=1S/C10H17N3O2/c1-3-15-8-10(14)11-6-4-9-5-7-12-13(9)2/h5,7H,3-4,6,8H2,1-2H3,(H,11,14). The Morgan fingerprint density at radius 1 is 1.67 bits per heavy atom. The molecular weight excluding hydrogens is 194 g/mol. The maximum Gasteiger partial charge on any atom is 0.246 e. The lowest BCUT2D eigenvalue weighted by Gasteiger charge is -2.05. The van der Waals surface area contributed by atoms with Gasteiger partial charge >= 0.3 is 0 Å². The molecule has 5 heteroatoms. The van der Waals surface area contributed by atoms with Crippen LogP contribution in [0.5, 0.6) is 0 Å². The van der Waals surface area contributed by atoms with Crippen LogP contribution in [0.4, 0.5) is 0 Å². The predicted molar refractivity (Wildman–Crippen MR) is 56.4 cm³/mol. The van der Waals surface area contributed by atoms with Crippen molar-refractivity contribution in [2.75, 3.05) is 19.8 Å². The number of ether oxygens (including phenoxy) is 1. The summed E-state index contributed by atoms with van der Waals surface area (Å²) in [6.45, 7) is 3.19. The van der Waals surface area contributed by atoms with E-state index in [4.69, 9.17) is 4.74 Å². The Labute approximate surface area is 89.4 Å². The zero-order chi connectivity index (χ0) is 11.1. The molecule has 1 N–H and O–H groups in total. The van der Waals surface area contributed by atoms with E-state index >= 15 is 0 Å². The minimum Gasteiger partial charge on any atom is -0.372 e. The first kappa shape index (κ1) is 11.7. The molecule has 0 saturated carbocycles. The van der Waals surface area contributed by atoms with Gasteiger partial charge in [0.15, 0.2) is 0 Å². The fraction of sp³-hybridized carbons (Fsp3) is 0.600. The number of aryl methyl sites for hydroxylation is 1. The van der Waals surface area contributed by atoms with Crippen LogP contribution >= 0.6 is 0 Å². The van der Waals surface area contributed by atoms with Crippen molar-refractivity contribution >= 4 is 5.91 Å². The fourth-order valence-electron chi connectivity index (χ4n) is 1.22. The van der Waals surface area contributed by atoms with Crippen LogP contribution in [0.2, 0.25) is 0 Å². The average Bonchev–Trinajstić information content (AvgIpc) is 2.61. The van der Waals surface area contributed by atoms with E-state index in [2.05, 4.69) is 10.4 Å². The van der Waals surface area contributed by atoms with Crippen LogP contribution in [0.25, 0.3) is 0 Å². The van der Waals surface area contributed by atoms with E-state index in [1.54, 1.807) is 10.9 Å². The molecule has 0 aromatic carbocycles. The Balaban J connectivity index is 2.16. The van der Waals surface area contributed by atoms with Gasteiger partial charge in [0.2, 0.25) is 5.91 Å². The minimum absolute atomic E-state index is 0.0704. The lowest BCUT2D eigenvalue weighted by atomic mass is 10.3. The lowest BCUT2D eigenvalue weighted by molar-refractivity contribution is -0.125. The van der Waals surface area contributed by atoms with Gasteiger partial charge in [-0.05, 0) is 13.0 Å². The van der Waals surface area contributed by atoms with Crippen LogP contribution in [0, 0.1) is 0 Å². The van der Waals surface area contributed by atoms with Gasteiger partial charge in [-0.25, -0.2) is 0 Å². The van der Waals surface area contributed by atoms with E-state index in [0.29, 0.717) is 13.2 Å². The van der Waals surface area contributed by atoms with Gasteiger partial charge in [0.1, 0.15) is 6.61 Å². The van der Waals surface area contributed by atoms with Crippen molar-refractivity contribution in [2.24, 2.45) is 7.05 Å². The molecule has 1 aromatic rings. The SMILES string of the molecule is CCOCC(=O)NCCc1ccnn1C. The van der Waals surface area contributed by atoms with Crippen molar-refractivity contribution in [2.45, 2.75) is 13.3 Å². The summed E-state index contributed by atoms with van der Waals surface area (Å²) in [6, 6.07) is 1.94. The molecule has 15 heavy (non-hydrogen) atoms. The van der Waals surface area contributed by atoms with E-state index < -0.39 is 0 Å². The van der Waals surface area contributed by atoms with Crippen LogP contribution in [-0.2, 0) is 23.0 Å². The molecule has 0 atom stereocenters. The molecule has 84 valence electrons. The summed E-state index contributed by atoms with van der Waals surface area (Å²) >= 11 is 0. The molecule has 5 nitrogen and oxygen atoms in total. The third-order valence-corrected chi connectivity index (χ3v) is 2.06. The largest absolute Gasteiger partial charge is 0.372 e. The van der Waals surface area contributed by atoms with Crippen molar-refractivity contribution < 1.29 is 9.53 Å². The highest BCUT2D eigenvalue weighted by atomic mass is 16.5. The number of nitrogens with zero attached hydrogens (tertiary/aromatic N) is 2.